The van der Waals surface area contributed by atoms with Crippen LogP contribution in [0.1, 0.15) is 24.6 Å². The Hall–Kier alpha value is -2.27. The van der Waals surface area contributed by atoms with Crippen LogP contribution in [-0.4, -0.2) is 26.1 Å². The summed E-state index contributed by atoms with van der Waals surface area (Å²) in [6.07, 6.45) is 4.33. The fourth-order valence-electron chi connectivity index (χ4n) is 2.55. The van der Waals surface area contributed by atoms with Crippen LogP contribution < -0.4 is 5.32 Å². The Balaban J connectivity index is 1.93. The van der Waals surface area contributed by atoms with Gasteiger partial charge in [0.05, 0.1) is 17.1 Å². The third kappa shape index (κ3) is 2.78. The van der Waals surface area contributed by atoms with Gasteiger partial charge in [-0.05, 0) is 24.7 Å². The van der Waals surface area contributed by atoms with Crippen molar-refractivity contribution in [2.45, 2.75) is 19.4 Å². The molecule has 0 bridgehead atoms. The van der Waals surface area contributed by atoms with Gasteiger partial charge in [0.2, 0.25) is 0 Å². The Morgan fingerprint density at radius 3 is 2.62 bits per heavy atom. The number of hydrogen-bond acceptors (Lipinski definition) is 4. The van der Waals surface area contributed by atoms with Crippen LogP contribution in [0.25, 0.3) is 11.0 Å². The molecule has 0 aliphatic carbocycles. The first-order valence-electron chi connectivity index (χ1n) is 7.20. The molecule has 0 fully saturated rings. The molecule has 1 unspecified atom stereocenters. The summed E-state index contributed by atoms with van der Waals surface area (Å²) >= 11 is 0. The molecule has 5 heteroatoms. The lowest BCUT2D eigenvalue weighted by Crippen LogP contribution is -2.25. The molecule has 2 heterocycles. The van der Waals surface area contributed by atoms with Crippen LogP contribution >= 0.6 is 0 Å². The molecular weight excluding hydrogens is 262 g/mol. The maximum atomic E-state index is 4.73. The Kier molecular flexibility index (Phi) is 3.92. The van der Waals surface area contributed by atoms with Gasteiger partial charge in [0.15, 0.2) is 0 Å². The Morgan fingerprint density at radius 2 is 1.90 bits per heavy atom. The summed E-state index contributed by atoms with van der Waals surface area (Å²) in [5, 5.41) is 3.44. The first-order chi connectivity index (χ1) is 10.3. The van der Waals surface area contributed by atoms with Gasteiger partial charge in [0.25, 0.3) is 0 Å². The van der Waals surface area contributed by atoms with Crippen molar-refractivity contribution in [1.82, 2.24) is 24.8 Å². The Bertz CT molecular complexity index is 720. The van der Waals surface area contributed by atoms with Crippen molar-refractivity contribution in [1.29, 1.82) is 0 Å². The van der Waals surface area contributed by atoms with Gasteiger partial charge in [-0.2, -0.15) is 0 Å². The summed E-state index contributed by atoms with van der Waals surface area (Å²) in [6.45, 7) is 2.96. The normalized spacial score (nSPS) is 12.7. The van der Waals surface area contributed by atoms with Crippen molar-refractivity contribution in [2.24, 2.45) is 7.05 Å². The second-order valence-electron chi connectivity index (χ2n) is 5.00. The van der Waals surface area contributed by atoms with E-state index in [2.05, 4.69) is 39.9 Å². The van der Waals surface area contributed by atoms with E-state index in [1.165, 1.54) is 0 Å². The molecule has 0 aliphatic rings. The summed E-state index contributed by atoms with van der Waals surface area (Å²) in [6, 6.07) is 10.1. The van der Waals surface area contributed by atoms with E-state index in [-0.39, 0.29) is 6.04 Å². The first kappa shape index (κ1) is 13.7. The molecule has 0 amide bonds. The lowest BCUT2D eigenvalue weighted by Gasteiger charge is -2.16. The molecule has 3 aromatic rings. The van der Waals surface area contributed by atoms with E-state index in [0.717, 1.165) is 35.6 Å². The van der Waals surface area contributed by atoms with Gasteiger partial charge in [0.1, 0.15) is 11.6 Å². The van der Waals surface area contributed by atoms with Gasteiger partial charge >= 0.3 is 0 Å². The molecule has 0 radical (unpaired) electrons. The molecule has 1 atom stereocenters. The van der Waals surface area contributed by atoms with Gasteiger partial charge in [-0.15, -0.1) is 0 Å². The van der Waals surface area contributed by atoms with Crippen molar-refractivity contribution in [3.63, 3.8) is 0 Å². The lowest BCUT2D eigenvalue weighted by atomic mass is 10.2. The quantitative estimate of drug-likeness (QED) is 0.779. The van der Waals surface area contributed by atoms with Gasteiger partial charge in [-0.1, -0.05) is 19.1 Å². The van der Waals surface area contributed by atoms with Gasteiger partial charge < -0.3 is 9.88 Å². The lowest BCUT2D eigenvalue weighted by molar-refractivity contribution is 0.505. The van der Waals surface area contributed by atoms with E-state index >= 15 is 0 Å². The number of nitrogens with zero attached hydrogens (tertiary/aromatic N) is 4. The molecule has 0 saturated carbocycles. The van der Waals surface area contributed by atoms with E-state index in [0.29, 0.717) is 0 Å². The Morgan fingerprint density at radius 1 is 1.14 bits per heavy atom. The predicted octanol–water partition coefficient (Wildman–Crippen LogP) is 2.26. The highest BCUT2D eigenvalue weighted by Gasteiger charge is 2.17. The highest BCUT2D eigenvalue weighted by Crippen LogP contribution is 2.19. The van der Waals surface area contributed by atoms with Crippen molar-refractivity contribution in [2.75, 3.05) is 6.54 Å². The highest BCUT2D eigenvalue weighted by atomic mass is 15.1. The molecular formula is C16H19N5. The molecule has 3 rings (SSSR count). The fraction of sp³-hybridized carbons (Fsp3) is 0.312. The summed E-state index contributed by atoms with van der Waals surface area (Å²) in [5.41, 5.74) is 2.18. The summed E-state index contributed by atoms with van der Waals surface area (Å²) < 4.78 is 2.14. The van der Waals surface area contributed by atoms with Crippen LogP contribution in [0.15, 0.2) is 42.7 Å². The summed E-state index contributed by atoms with van der Waals surface area (Å²) in [4.78, 5) is 13.5. The average molecular weight is 281 g/mol. The largest absolute Gasteiger partial charge is 0.331 e. The number of hydrogen-bond donors (Lipinski definition) is 1. The second-order valence-corrected chi connectivity index (χ2v) is 5.00. The molecule has 5 nitrogen and oxygen atoms in total. The number of nitrogens with one attached hydrogen (secondary N) is 1. The molecule has 0 spiro atoms. The number of aryl methyl sites for hydroxylation is 1. The number of benzene rings is 1. The van der Waals surface area contributed by atoms with E-state index in [4.69, 9.17) is 4.98 Å². The van der Waals surface area contributed by atoms with Crippen LogP contribution in [0.3, 0.4) is 0 Å². The van der Waals surface area contributed by atoms with Crippen LogP contribution in [-0.2, 0) is 13.5 Å². The zero-order valence-corrected chi connectivity index (χ0v) is 12.3. The number of aromatic nitrogens is 4. The van der Waals surface area contributed by atoms with Crippen LogP contribution in [0.4, 0.5) is 0 Å². The minimum atomic E-state index is 0.0757. The monoisotopic (exact) mass is 281 g/mol. The number of fused-ring (bicyclic) bond motifs is 1. The van der Waals surface area contributed by atoms with E-state index in [1.54, 1.807) is 12.4 Å². The minimum absolute atomic E-state index is 0.0757. The third-order valence-electron chi connectivity index (χ3n) is 3.61. The SMILES string of the molecule is CCNC(Cc1nc2ccccc2n1C)c1ncccn1. The molecule has 1 aromatic carbocycles. The van der Waals surface area contributed by atoms with Crippen molar-refractivity contribution in [3.8, 4) is 0 Å². The van der Waals surface area contributed by atoms with E-state index < -0.39 is 0 Å². The minimum Gasteiger partial charge on any atom is -0.331 e. The molecule has 21 heavy (non-hydrogen) atoms. The zero-order chi connectivity index (χ0) is 14.7. The van der Waals surface area contributed by atoms with Crippen LogP contribution in [0, 0.1) is 0 Å². The van der Waals surface area contributed by atoms with Crippen molar-refractivity contribution >= 4 is 11.0 Å². The molecule has 2 aromatic heterocycles. The zero-order valence-electron chi connectivity index (χ0n) is 12.3. The van der Waals surface area contributed by atoms with Gasteiger partial charge in [0, 0.05) is 25.9 Å². The Labute approximate surface area is 124 Å². The maximum absolute atomic E-state index is 4.73. The average Bonchev–Trinajstić information content (AvgIpc) is 2.84. The van der Waals surface area contributed by atoms with E-state index in [1.807, 2.05) is 24.3 Å². The summed E-state index contributed by atoms with van der Waals surface area (Å²) in [5.74, 6) is 1.85. The molecule has 1 N–H and O–H groups in total. The number of para-hydroxylation sites is 2. The second kappa shape index (κ2) is 6.01. The smallest absolute Gasteiger partial charge is 0.145 e. The highest BCUT2D eigenvalue weighted by molar-refractivity contribution is 5.75. The maximum Gasteiger partial charge on any atom is 0.145 e. The van der Waals surface area contributed by atoms with Gasteiger partial charge in [-0.3, -0.25) is 0 Å². The van der Waals surface area contributed by atoms with Crippen molar-refractivity contribution in [3.05, 3.63) is 54.4 Å². The van der Waals surface area contributed by atoms with Crippen molar-refractivity contribution < 1.29 is 0 Å². The van der Waals surface area contributed by atoms with E-state index in [9.17, 15) is 0 Å². The number of rotatable bonds is 5. The molecule has 0 saturated heterocycles. The first-order valence-corrected chi connectivity index (χ1v) is 7.20. The topological polar surface area (TPSA) is 55.6 Å². The summed E-state index contributed by atoms with van der Waals surface area (Å²) in [7, 11) is 2.06. The standard InChI is InChI=1S/C16H19N5/c1-3-17-13(16-18-9-6-10-19-16)11-15-20-12-7-4-5-8-14(12)21(15)2/h4-10,13,17H,3,11H2,1-2H3. The van der Waals surface area contributed by atoms with Crippen LogP contribution in [0.2, 0.25) is 0 Å². The molecule has 108 valence electrons. The third-order valence-corrected chi connectivity index (χ3v) is 3.61. The number of likely N-dealkylation sites (N-methyl/N-ethyl adjacent to an activating group) is 1. The van der Waals surface area contributed by atoms with Gasteiger partial charge in [-0.25, -0.2) is 15.0 Å². The molecule has 0 aliphatic heterocycles. The number of imidazole rings is 1. The fourth-order valence-corrected chi connectivity index (χ4v) is 2.55. The predicted molar refractivity (Wildman–Crippen MR) is 82.9 cm³/mol. The van der Waals surface area contributed by atoms with Crippen LogP contribution in [0.5, 0.6) is 0 Å².